The summed E-state index contributed by atoms with van der Waals surface area (Å²) in [6, 6.07) is 12.3. The van der Waals surface area contributed by atoms with Gasteiger partial charge in [0.15, 0.2) is 0 Å². The van der Waals surface area contributed by atoms with Crippen LogP contribution in [-0.2, 0) is 6.42 Å². The normalized spacial score (nSPS) is 30.4. The van der Waals surface area contributed by atoms with Crippen LogP contribution in [0.3, 0.4) is 0 Å². The van der Waals surface area contributed by atoms with E-state index in [1.807, 2.05) is 12.1 Å². The van der Waals surface area contributed by atoms with Crippen LogP contribution in [0, 0.1) is 17.3 Å². The molecule has 2 saturated carbocycles. The molecule has 0 spiro atoms. The number of fused-ring (bicyclic) bond motifs is 5. The van der Waals surface area contributed by atoms with Gasteiger partial charge in [0, 0.05) is 11.1 Å². The van der Waals surface area contributed by atoms with Gasteiger partial charge >= 0.3 is 6.61 Å². The van der Waals surface area contributed by atoms with Gasteiger partial charge in [-0.05, 0) is 109 Å². The van der Waals surface area contributed by atoms with Gasteiger partial charge in [0.1, 0.15) is 11.5 Å². The second-order valence-corrected chi connectivity index (χ2v) is 9.53. The molecule has 4 atom stereocenters. The Kier molecular flexibility index (Phi) is 5.48. The molecule has 5 rings (SSSR count). The number of benzene rings is 2. The number of phenolic OH excluding ortho intramolecular Hbond substituents is 1. The van der Waals surface area contributed by atoms with Crippen LogP contribution in [0.2, 0.25) is 0 Å². The summed E-state index contributed by atoms with van der Waals surface area (Å²) in [5.74, 6) is 2.35. The third kappa shape index (κ3) is 3.80. The first-order chi connectivity index (χ1) is 15.4. The first-order valence-electron chi connectivity index (χ1n) is 11.4. The number of nitrogens with zero attached hydrogens (tertiary/aromatic N) is 2. The van der Waals surface area contributed by atoms with E-state index in [2.05, 4.69) is 27.9 Å². The SMILES string of the molecule is C[C@]12CC[C@@H]3c4ccc(O)cc4CC[C@@H]3[C@H]1CC/C2=N/N=C\c1ccc(OC(F)F)cc1. The van der Waals surface area contributed by atoms with Crippen molar-refractivity contribution in [1.29, 1.82) is 0 Å². The average molecular weight is 439 g/mol. The van der Waals surface area contributed by atoms with Gasteiger partial charge in [-0.1, -0.05) is 13.0 Å². The Morgan fingerprint density at radius 3 is 2.69 bits per heavy atom. The Balaban J connectivity index is 1.31. The van der Waals surface area contributed by atoms with E-state index < -0.39 is 6.61 Å². The zero-order chi connectivity index (χ0) is 22.3. The lowest BCUT2D eigenvalue weighted by atomic mass is 9.55. The lowest BCUT2D eigenvalue weighted by Gasteiger charge is -2.49. The maximum Gasteiger partial charge on any atom is 0.387 e. The quantitative estimate of drug-likeness (QED) is 0.448. The van der Waals surface area contributed by atoms with Gasteiger partial charge in [-0.3, -0.25) is 0 Å². The van der Waals surface area contributed by atoms with Crippen molar-refractivity contribution in [2.24, 2.45) is 27.5 Å². The van der Waals surface area contributed by atoms with E-state index in [0.29, 0.717) is 23.5 Å². The predicted octanol–water partition coefficient (Wildman–Crippen LogP) is 6.32. The average Bonchev–Trinajstić information content (AvgIpc) is 3.10. The minimum atomic E-state index is -2.82. The zero-order valence-electron chi connectivity index (χ0n) is 18.2. The van der Waals surface area contributed by atoms with Crippen molar-refractivity contribution < 1.29 is 18.6 Å². The van der Waals surface area contributed by atoms with E-state index in [0.717, 1.165) is 37.7 Å². The molecule has 0 amide bonds. The highest BCUT2D eigenvalue weighted by Gasteiger charge is 2.53. The molecule has 0 aromatic heterocycles. The van der Waals surface area contributed by atoms with Crippen LogP contribution in [0.4, 0.5) is 8.78 Å². The van der Waals surface area contributed by atoms with Crippen molar-refractivity contribution in [2.75, 3.05) is 0 Å². The van der Waals surface area contributed by atoms with Crippen molar-refractivity contribution in [3.05, 3.63) is 59.2 Å². The Labute approximate surface area is 187 Å². The molecule has 0 bridgehead atoms. The summed E-state index contributed by atoms with van der Waals surface area (Å²) in [5.41, 5.74) is 4.82. The van der Waals surface area contributed by atoms with Gasteiger partial charge in [0.2, 0.25) is 0 Å². The lowest BCUT2D eigenvalue weighted by molar-refractivity contribution is -0.0498. The monoisotopic (exact) mass is 438 g/mol. The summed E-state index contributed by atoms with van der Waals surface area (Å²) in [5, 5.41) is 18.8. The third-order valence-corrected chi connectivity index (χ3v) is 7.94. The van der Waals surface area contributed by atoms with Crippen LogP contribution >= 0.6 is 0 Å². The van der Waals surface area contributed by atoms with Crippen LogP contribution in [0.1, 0.15) is 61.6 Å². The molecule has 0 saturated heterocycles. The number of hydrogen-bond acceptors (Lipinski definition) is 4. The molecule has 0 heterocycles. The van der Waals surface area contributed by atoms with Crippen molar-refractivity contribution >= 4 is 11.9 Å². The van der Waals surface area contributed by atoms with Gasteiger partial charge in [-0.25, -0.2) is 0 Å². The molecule has 3 aliphatic carbocycles. The first-order valence-corrected chi connectivity index (χ1v) is 11.4. The summed E-state index contributed by atoms with van der Waals surface area (Å²) in [4.78, 5) is 0. The van der Waals surface area contributed by atoms with Crippen LogP contribution in [0.15, 0.2) is 52.7 Å². The van der Waals surface area contributed by atoms with Gasteiger partial charge < -0.3 is 9.84 Å². The van der Waals surface area contributed by atoms with Gasteiger partial charge in [-0.15, -0.1) is 0 Å². The minimum absolute atomic E-state index is 0.0852. The predicted molar refractivity (Wildman–Crippen MR) is 121 cm³/mol. The number of aromatic hydroxyl groups is 1. The number of aryl methyl sites for hydroxylation is 1. The number of phenols is 1. The van der Waals surface area contributed by atoms with Crippen molar-refractivity contribution in [3.63, 3.8) is 0 Å². The maximum absolute atomic E-state index is 12.3. The van der Waals surface area contributed by atoms with E-state index in [4.69, 9.17) is 0 Å². The molecular weight excluding hydrogens is 410 g/mol. The highest BCUT2D eigenvalue weighted by molar-refractivity contribution is 5.93. The highest BCUT2D eigenvalue weighted by Crippen LogP contribution is 2.60. The molecule has 0 aliphatic heterocycles. The fourth-order valence-corrected chi connectivity index (χ4v) is 6.42. The molecule has 2 fully saturated rings. The fourth-order valence-electron chi connectivity index (χ4n) is 6.42. The summed E-state index contributed by atoms with van der Waals surface area (Å²) in [7, 11) is 0. The summed E-state index contributed by atoms with van der Waals surface area (Å²) < 4.78 is 29.0. The third-order valence-electron chi connectivity index (χ3n) is 7.94. The molecule has 0 radical (unpaired) electrons. The lowest BCUT2D eigenvalue weighted by Crippen LogP contribution is -2.42. The molecular formula is C26H28F2N2O2. The molecule has 3 aliphatic rings. The van der Waals surface area contributed by atoms with Crippen molar-refractivity contribution in [1.82, 2.24) is 0 Å². The van der Waals surface area contributed by atoms with Crippen LogP contribution in [0.5, 0.6) is 11.5 Å². The molecule has 0 unspecified atom stereocenters. The second kappa shape index (κ2) is 8.30. The Hall–Kier alpha value is -2.76. The molecule has 168 valence electrons. The minimum Gasteiger partial charge on any atom is -0.508 e. The summed E-state index contributed by atoms with van der Waals surface area (Å²) >= 11 is 0. The first kappa shape index (κ1) is 21.1. The topological polar surface area (TPSA) is 54.2 Å². The number of ether oxygens (including phenoxy) is 1. The number of halogens is 2. The number of hydrogen-bond donors (Lipinski definition) is 1. The molecule has 2 aromatic rings. The van der Waals surface area contributed by atoms with Crippen molar-refractivity contribution in [2.45, 2.75) is 58.0 Å². The molecule has 2 aromatic carbocycles. The maximum atomic E-state index is 12.3. The van der Waals surface area contributed by atoms with E-state index >= 15 is 0 Å². The van der Waals surface area contributed by atoms with Crippen LogP contribution < -0.4 is 4.74 Å². The standard InChI is InChI=1S/C26H28F2N2O2/c1-26-13-12-21-20-9-5-18(31)14-17(20)4-8-22(21)23(26)10-11-24(26)30-29-15-16-2-6-19(7-3-16)32-25(27)28/h2-3,5-7,9,14-15,21-23,25,31H,4,8,10-13H2,1H3/b29-15-,30-24-/t21-,22+,23-,26+/m1/s1. The largest absolute Gasteiger partial charge is 0.508 e. The number of rotatable bonds is 4. The Morgan fingerprint density at radius 2 is 1.91 bits per heavy atom. The highest BCUT2D eigenvalue weighted by atomic mass is 19.3. The molecule has 1 N–H and O–H groups in total. The van der Waals surface area contributed by atoms with Gasteiger partial charge in [0.05, 0.1) is 6.21 Å². The fraction of sp³-hybridized carbons (Fsp3) is 0.462. The Bertz CT molecular complexity index is 1050. The second-order valence-electron chi connectivity index (χ2n) is 9.53. The molecule has 6 heteroatoms. The van der Waals surface area contributed by atoms with E-state index in [1.54, 1.807) is 18.3 Å². The van der Waals surface area contributed by atoms with E-state index in [9.17, 15) is 13.9 Å². The molecule has 4 nitrogen and oxygen atoms in total. The van der Waals surface area contributed by atoms with E-state index in [1.165, 1.54) is 35.4 Å². The van der Waals surface area contributed by atoms with Crippen LogP contribution in [0.25, 0.3) is 0 Å². The van der Waals surface area contributed by atoms with Crippen LogP contribution in [-0.4, -0.2) is 23.6 Å². The Morgan fingerprint density at radius 1 is 1.09 bits per heavy atom. The van der Waals surface area contributed by atoms with Gasteiger partial charge in [0.25, 0.3) is 0 Å². The zero-order valence-corrected chi connectivity index (χ0v) is 18.2. The molecule has 32 heavy (non-hydrogen) atoms. The van der Waals surface area contributed by atoms with E-state index in [-0.39, 0.29) is 11.2 Å². The summed E-state index contributed by atoms with van der Waals surface area (Å²) in [6.45, 7) is -0.463. The van der Waals surface area contributed by atoms with Crippen molar-refractivity contribution in [3.8, 4) is 11.5 Å². The number of alkyl halides is 2. The smallest absolute Gasteiger partial charge is 0.387 e. The van der Waals surface area contributed by atoms with Gasteiger partial charge in [-0.2, -0.15) is 19.0 Å². The summed E-state index contributed by atoms with van der Waals surface area (Å²) in [6.07, 6.45) is 8.25.